The maximum Gasteiger partial charge on any atom is 0.292 e. The van der Waals surface area contributed by atoms with Crippen LogP contribution in [0.5, 0.6) is 0 Å². The maximum absolute atomic E-state index is 13.5. The summed E-state index contributed by atoms with van der Waals surface area (Å²) in [5.41, 5.74) is 1.62. The summed E-state index contributed by atoms with van der Waals surface area (Å²) >= 11 is 0. The van der Waals surface area contributed by atoms with Crippen molar-refractivity contribution in [2.24, 2.45) is 35.2 Å². The summed E-state index contributed by atoms with van der Waals surface area (Å²) in [6.45, 7) is 1.59. The van der Waals surface area contributed by atoms with Gasteiger partial charge in [0.1, 0.15) is 40.3 Å². The molecule has 9 amide bonds. The van der Waals surface area contributed by atoms with E-state index in [0.717, 1.165) is 25.5 Å². The highest BCUT2D eigenvalue weighted by atomic mass is 31.2. The molecule has 0 saturated heterocycles. The fourth-order valence-electron chi connectivity index (χ4n) is 10.4. The van der Waals surface area contributed by atoms with Crippen LogP contribution in [0.4, 0.5) is 28.7 Å². The van der Waals surface area contributed by atoms with E-state index in [1.54, 1.807) is 52.2 Å². The number of nitrogens with zero attached hydrogens (tertiary/aromatic N) is 8. The molecule has 0 aliphatic rings. The Labute approximate surface area is 533 Å². The van der Waals surface area contributed by atoms with E-state index in [-0.39, 0.29) is 96.8 Å². The smallest absolute Gasteiger partial charge is 0.292 e. The molecule has 9 N–H and O–H groups in total. The van der Waals surface area contributed by atoms with E-state index in [2.05, 4.69) is 131 Å². The molecule has 8 aromatic rings. The average Bonchev–Trinajstić information content (AvgIpc) is 0.935. The number of unbranched alkanes of at least 4 members (excludes halogenated alkanes) is 1. The molecule has 3 aromatic carbocycles. The number of hydrogen-bond acceptors (Lipinski definition) is 12. The molecule has 482 valence electrons. The molecule has 27 heteroatoms. The van der Waals surface area contributed by atoms with Crippen molar-refractivity contribution in [3.8, 4) is 0 Å². The third-order valence-electron chi connectivity index (χ3n) is 15.0. The minimum Gasteiger partial charge on any atom is -0.356 e. The van der Waals surface area contributed by atoms with Crippen LogP contribution in [0.3, 0.4) is 0 Å². The molecule has 0 fully saturated rings. The van der Waals surface area contributed by atoms with Gasteiger partial charge in [-0.1, -0.05) is 54.6 Å². The van der Waals surface area contributed by atoms with Gasteiger partial charge in [0.15, 0.2) is 11.6 Å². The molecule has 8 rings (SSSR count). The Kier molecular flexibility index (Phi) is 23.3. The first-order chi connectivity index (χ1) is 44.2. The van der Waals surface area contributed by atoms with Gasteiger partial charge in [-0.05, 0) is 94.5 Å². The van der Waals surface area contributed by atoms with E-state index in [4.69, 9.17) is 0 Å². The highest BCUT2D eigenvalue weighted by Crippen LogP contribution is 2.56. The molecular formula is C65H79N17O9P+. The number of rotatable bonds is 31. The SMILES string of the molecule is CN(C)CCCNC(=O)CCNC(=O)c1cc(NC(=O)c2cc(NC(=O)CCNC(=O)c3cc(NC(=O)c4nc(NC(=O)c5nc(NC(=O)CCNC(=O)CCCC[P+](c6ccccc6)(c6ccccc6)c6ccccc6)cn5C)cn4C)cn3C)cn2C)cn1C. The first-order valence-corrected chi connectivity index (χ1v) is 32.0. The van der Waals surface area contributed by atoms with Crippen LogP contribution >= 0.6 is 7.26 Å². The summed E-state index contributed by atoms with van der Waals surface area (Å²) in [6.07, 6.45) is 11.1. The van der Waals surface area contributed by atoms with E-state index in [1.807, 2.05) is 37.2 Å². The van der Waals surface area contributed by atoms with Crippen molar-refractivity contribution in [1.29, 1.82) is 0 Å². The van der Waals surface area contributed by atoms with Crippen LogP contribution in [-0.4, -0.2) is 144 Å². The zero-order valence-electron chi connectivity index (χ0n) is 52.7. The second kappa shape index (κ2) is 31.8. The molecule has 0 spiro atoms. The summed E-state index contributed by atoms with van der Waals surface area (Å²) in [6, 6.07) is 36.3. The maximum atomic E-state index is 13.5. The van der Waals surface area contributed by atoms with Crippen molar-refractivity contribution in [2.75, 3.05) is 79.6 Å². The lowest BCUT2D eigenvalue weighted by atomic mass is 10.2. The Balaban J connectivity index is 0.732. The van der Waals surface area contributed by atoms with E-state index in [9.17, 15) is 43.2 Å². The molecule has 5 heterocycles. The van der Waals surface area contributed by atoms with Gasteiger partial charge in [-0.15, -0.1) is 0 Å². The largest absolute Gasteiger partial charge is 0.356 e. The summed E-state index contributed by atoms with van der Waals surface area (Å²) in [5, 5.41) is 28.5. The summed E-state index contributed by atoms with van der Waals surface area (Å²) in [4.78, 5) is 128. The lowest BCUT2D eigenvalue weighted by molar-refractivity contribution is -0.122. The fourth-order valence-corrected chi connectivity index (χ4v) is 14.8. The molecule has 0 atom stereocenters. The third-order valence-corrected chi connectivity index (χ3v) is 19.5. The number of aryl methyl sites for hydroxylation is 5. The second-order valence-corrected chi connectivity index (χ2v) is 26.0. The van der Waals surface area contributed by atoms with Gasteiger partial charge in [-0.3, -0.25) is 43.2 Å². The Bertz CT molecular complexity index is 3830. The van der Waals surface area contributed by atoms with Gasteiger partial charge >= 0.3 is 0 Å². The van der Waals surface area contributed by atoms with Crippen molar-refractivity contribution in [3.05, 3.63) is 169 Å². The first-order valence-electron chi connectivity index (χ1n) is 30.1. The predicted octanol–water partition coefficient (Wildman–Crippen LogP) is 4.48. The van der Waals surface area contributed by atoms with Crippen LogP contribution < -0.4 is 63.8 Å². The Morgan fingerprint density at radius 3 is 1.27 bits per heavy atom. The lowest BCUT2D eigenvalue weighted by Gasteiger charge is -2.27. The number of aromatic nitrogens is 7. The molecule has 0 radical (unpaired) electrons. The first kappa shape index (κ1) is 67.5. The topological polar surface area (TPSA) is 316 Å². The van der Waals surface area contributed by atoms with Gasteiger partial charge in [-0.25, -0.2) is 9.97 Å². The van der Waals surface area contributed by atoms with Crippen molar-refractivity contribution >= 4 is 105 Å². The van der Waals surface area contributed by atoms with E-state index < -0.39 is 48.6 Å². The molecular weight excluding hydrogens is 1190 g/mol. The normalized spacial score (nSPS) is 11.2. The van der Waals surface area contributed by atoms with E-state index in [1.165, 1.54) is 71.0 Å². The number of benzene rings is 3. The van der Waals surface area contributed by atoms with Crippen LogP contribution in [0.15, 0.2) is 140 Å². The Morgan fingerprint density at radius 1 is 0.391 bits per heavy atom. The summed E-state index contributed by atoms with van der Waals surface area (Å²) < 4.78 is 7.41. The van der Waals surface area contributed by atoms with Crippen LogP contribution in [0.1, 0.15) is 97.6 Å². The summed E-state index contributed by atoms with van der Waals surface area (Å²) in [7, 11) is 9.94. The van der Waals surface area contributed by atoms with Gasteiger partial charge in [0, 0.05) is 118 Å². The van der Waals surface area contributed by atoms with Crippen LogP contribution in [0, 0.1) is 0 Å². The number of carbonyl (C=O) groups is 9. The van der Waals surface area contributed by atoms with E-state index >= 15 is 0 Å². The quantitative estimate of drug-likeness (QED) is 0.0215. The van der Waals surface area contributed by atoms with Crippen molar-refractivity contribution in [2.45, 2.75) is 44.9 Å². The minimum absolute atomic E-state index is 0.0234. The highest BCUT2D eigenvalue weighted by Gasteiger charge is 2.44. The zero-order valence-corrected chi connectivity index (χ0v) is 53.6. The predicted molar refractivity (Wildman–Crippen MR) is 355 cm³/mol. The number of carbonyl (C=O) groups excluding carboxylic acids is 9. The number of imidazole rings is 2. The monoisotopic (exact) mass is 1270 g/mol. The number of nitrogens with one attached hydrogen (secondary N) is 9. The molecule has 0 saturated carbocycles. The molecule has 0 unspecified atom stereocenters. The van der Waals surface area contributed by atoms with Gasteiger partial charge < -0.3 is 75.6 Å². The Morgan fingerprint density at radius 2 is 0.783 bits per heavy atom. The van der Waals surface area contributed by atoms with Crippen molar-refractivity contribution in [3.63, 3.8) is 0 Å². The van der Waals surface area contributed by atoms with Crippen molar-refractivity contribution < 1.29 is 43.2 Å². The van der Waals surface area contributed by atoms with Gasteiger partial charge in [0.25, 0.3) is 29.5 Å². The lowest BCUT2D eigenvalue weighted by Crippen LogP contribution is -2.33. The van der Waals surface area contributed by atoms with Gasteiger partial charge in [-0.2, -0.15) is 0 Å². The molecule has 92 heavy (non-hydrogen) atoms. The average molecular weight is 1270 g/mol. The molecule has 0 bridgehead atoms. The number of hydrogen-bond donors (Lipinski definition) is 9. The minimum atomic E-state index is -2.01. The molecule has 0 aliphatic heterocycles. The third kappa shape index (κ3) is 18.1. The second-order valence-electron chi connectivity index (χ2n) is 22.4. The highest BCUT2D eigenvalue weighted by molar-refractivity contribution is 7.95. The molecule has 26 nitrogen and oxygen atoms in total. The van der Waals surface area contributed by atoms with Crippen molar-refractivity contribution in [1.82, 2.24) is 59.0 Å². The van der Waals surface area contributed by atoms with Crippen LogP contribution in [-0.2, 0) is 54.4 Å². The fraction of sp³-hybridized carbons (Fsp3) is 0.308. The molecule has 0 aliphatic carbocycles. The molecule has 5 aromatic heterocycles. The summed E-state index contributed by atoms with van der Waals surface area (Å²) in [5.74, 6) is -3.88. The van der Waals surface area contributed by atoms with Crippen LogP contribution in [0.25, 0.3) is 0 Å². The van der Waals surface area contributed by atoms with E-state index in [0.29, 0.717) is 30.8 Å². The van der Waals surface area contributed by atoms with Gasteiger partial charge in [0.05, 0.1) is 23.2 Å². The standard InChI is InChI=1S/C65H78N17O9P/c1-77(2)34-19-30-66-56(84)27-32-68-61(87)50-37-45(40-78(50)3)71-63(89)52-36-44(39-80(52)5)70-57(85)29-33-69-62(88)51-38-46(41-79(51)4)72-64(90)59-75-54(43-82(59)7)76-65(91)60-74-53(42-81(60)6)73-58(86)28-31-67-55(83)26-17-18-35-92(47-20-11-8-12-21-47,48-22-13-9-14-23-48)49-24-15-10-16-25-49/h8-16,20-25,36-43H,17-19,26-35H2,1-7H3,(H8-,66,67,68,69,70,71,72,73,76,83,84,85,86,87,88,89,90,91)/p+1. The zero-order chi connectivity index (χ0) is 65.9. The number of amides is 9. The van der Waals surface area contributed by atoms with Crippen LogP contribution in [0.2, 0.25) is 0 Å². The number of anilines is 5. The van der Waals surface area contributed by atoms with Gasteiger partial charge in [0.2, 0.25) is 35.3 Å². The Hall–Kier alpha value is -10.5.